The largest absolute Gasteiger partial charge is 0.497 e. The van der Waals surface area contributed by atoms with Crippen LogP contribution in [-0.2, 0) is 6.54 Å². The highest BCUT2D eigenvalue weighted by atomic mass is 35.5. The Bertz CT molecular complexity index is 1660. The molecule has 8 heteroatoms. The first-order valence-corrected chi connectivity index (χ1v) is 12.4. The number of benzene rings is 4. The third-order valence-corrected chi connectivity index (χ3v) is 6.47. The third-order valence-electron chi connectivity index (χ3n) is 6.22. The molecule has 1 aromatic heterocycles. The van der Waals surface area contributed by atoms with Gasteiger partial charge in [0.05, 0.1) is 24.6 Å². The van der Waals surface area contributed by atoms with Crippen molar-refractivity contribution >= 4 is 39.9 Å². The van der Waals surface area contributed by atoms with E-state index in [0.717, 1.165) is 22.4 Å². The predicted molar refractivity (Wildman–Crippen MR) is 152 cm³/mol. The van der Waals surface area contributed by atoms with Crippen molar-refractivity contribution in [2.75, 3.05) is 17.7 Å². The first kappa shape index (κ1) is 25.0. The maximum absolute atomic E-state index is 13.4. The minimum atomic E-state index is -0.427. The zero-order chi connectivity index (χ0) is 26.6. The average molecular weight is 525 g/mol. The molecule has 4 aromatic carbocycles. The summed E-state index contributed by atoms with van der Waals surface area (Å²) in [5.74, 6) is 1.42. The number of rotatable bonds is 6. The number of carbonyl (C=O) groups is 1. The number of methoxy groups -OCH3 is 1. The van der Waals surface area contributed by atoms with Gasteiger partial charge >= 0.3 is 6.03 Å². The average Bonchev–Trinajstić information content (AvgIpc) is 2.93. The molecule has 0 bridgehead atoms. The Hall–Kier alpha value is -4.62. The van der Waals surface area contributed by atoms with Crippen molar-refractivity contribution in [3.05, 3.63) is 118 Å². The SMILES string of the molecule is COc1ccc(-c2ccc(Cn3c(C)nc4ccc(NC(=O)Nc5ccc(Cl)cc5)cc4c3=O)cc2)cc1. The first-order valence-electron chi connectivity index (χ1n) is 12.0. The van der Waals surface area contributed by atoms with Crippen molar-refractivity contribution in [1.82, 2.24) is 9.55 Å². The Balaban J connectivity index is 1.35. The van der Waals surface area contributed by atoms with Crippen molar-refractivity contribution < 1.29 is 9.53 Å². The van der Waals surface area contributed by atoms with E-state index in [2.05, 4.69) is 15.6 Å². The van der Waals surface area contributed by atoms with Gasteiger partial charge in [0, 0.05) is 16.4 Å². The van der Waals surface area contributed by atoms with Crippen molar-refractivity contribution in [3.8, 4) is 16.9 Å². The topological polar surface area (TPSA) is 85.2 Å². The van der Waals surface area contributed by atoms with E-state index in [0.29, 0.717) is 39.7 Å². The molecule has 0 fully saturated rings. The Morgan fingerprint density at radius 2 is 1.47 bits per heavy atom. The number of ether oxygens (including phenoxy) is 1. The molecule has 0 radical (unpaired) electrons. The number of carbonyl (C=O) groups excluding carboxylic acids is 1. The number of urea groups is 1. The number of fused-ring (bicyclic) bond motifs is 1. The molecule has 0 aliphatic carbocycles. The summed E-state index contributed by atoms with van der Waals surface area (Å²) in [5, 5.41) is 6.52. The Labute approximate surface area is 224 Å². The molecule has 0 saturated carbocycles. The molecule has 2 N–H and O–H groups in total. The zero-order valence-electron chi connectivity index (χ0n) is 20.9. The van der Waals surface area contributed by atoms with Crippen molar-refractivity contribution in [2.45, 2.75) is 13.5 Å². The van der Waals surface area contributed by atoms with Gasteiger partial charge < -0.3 is 15.4 Å². The van der Waals surface area contributed by atoms with E-state index in [1.165, 1.54) is 0 Å². The van der Waals surface area contributed by atoms with Crippen LogP contribution in [0.1, 0.15) is 11.4 Å². The summed E-state index contributed by atoms with van der Waals surface area (Å²) in [6, 6.07) is 27.4. The van der Waals surface area contributed by atoms with Crippen molar-refractivity contribution in [1.29, 1.82) is 0 Å². The fourth-order valence-corrected chi connectivity index (χ4v) is 4.32. The van der Waals surface area contributed by atoms with E-state index in [1.807, 2.05) is 55.5 Å². The molecular formula is C30H25ClN4O3. The van der Waals surface area contributed by atoms with Crippen LogP contribution in [0.25, 0.3) is 22.0 Å². The fourth-order valence-electron chi connectivity index (χ4n) is 4.19. The van der Waals surface area contributed by atoms with Gasteiger partial charge in [-0.1, -0.05) is 48.0 Å². The van der Waals surface area contributed by atoms with Gasteiger partial charge in [0.15, 0.2) is 0 Å². The van der Waals surface area contributed by atoms with Gasteiger partial charge in [-0.25, -0.2) is 9.78 Å². The lowest BCUT2D eigenvalue weighted by molar-refractivity contribution is 0.262. The van der Waals surface area contributed by atoms with Crippen LogP contribution in [0.4, 0.5) is 16.2 Å². The second kappa shape index (κ2) is 10.8. The maximum Gasteiger partial charge on any atom is 0.323 e. The number of hydrogen-bond donors (Lipinski definition) is 2. The maximum atomic E-state index is 13.4. The second-order valence-electron chi connectivity index (χ2n) is 8.79. The quantitative estimate of drug-likeness (QED) is 0.258. The molecule has 7 nitrogen and oxygen atoms in total. The van der Waals surface area contributed by atoms with Gasteiger partial charge in [0.25, 0.3) is 5.56 Å². The zero-order valence-corrected chi connectivity index (χ0v) is 21.6. The molecule has 2 amide bonds. The predicted octanol–water partition coefficient (Wildman–Crippen LogP) is 6.73. The van der Waals surface area contributed by atoms with E-state index in [4.69, 9.17) is 16.3 Å². The number of aromatic nitrogens is 2. The Morgan fingerprint density at radius 1 is 0.868 bits per heavy atom. The lowest BCUT2D eigenvalue weighted by atomic mass is 10.0. The molecule has 190 valence electrons. The fraction of sp³-hybridized carbons (Fsp3) is 0.100. The van der Waals surface area contributed by atoms with Gasteiger partial charge in [-0.2, -0.15) is 0 Å². The molecule has 0 saturated heterocycles. The van der Waals surface area contributed by atoms with Gasteiger partial charge in [-0.3, -0.25) is 9.36 Å². The van der Waals surface area contributed by atoms with Gasteiger partial charge in [-0.05, 0) is 78.2 Å². The Kier molecular flexibility index (Phi) is 7.11. The molecule has 5 rings (SSSR count). The standard InChI is InChI=1S/C30H25ClN4O3/c1-19-32-28-16-13-25(34-30(37)33-24-11-9-23(31)10-12-24)17-27(28)29(36)35(19)18-20-3-5-21(6-4-20)22-7-14-26(38-2)15-8-22/h3-17H,18H2,1-2H3,(H2,33,34,37). The summed E-state index contributed by atoms with van der Waals surface area (Å²) in [6.07, 6.45) is 0. The van der Waals surface area contributed by atoms with Crippen LogP contribution in [0.15, 0.2) is 95.8 Å². The first-order chi connectivity index (χ1) is 18.4. The van der Waals surface area contributed by atoms with E-state index >= 15 is 0 Å². The molecule has 5 aromatic rings. The van der Waals surface area contributed by atoms with Crippen LogP contribution in [-0.4, -0.2) is 22.7 Å². The number of nitrogens with one attached hydrogen (secondary N) is 2. The summed E-state index contributed by atoms with van der Waals surface area (Å²) >= 11 is 5.90. The normalized spacial score (nSPS) is 10.8. The number of hydrogen-bond acceptors (Lipinski definition) is 4. The van der Waals surface area contributed by atoms with Crippen molar-refractivity contribution in [2.24, 2.45) is 0 Å². The van der Waals surface area contributed by atoms with Crippen LogP contribution < -0.4 is 20.9 Å². The molecule has 0 unspecified atom stereocenters. The van der Waals surface area contributed by atoms with Crippen LogP contribution in [0.2, 0.25) is 5.02 Å². The number of amides is 2. The minimum Gasteiger partial charge on any atom is -0.497 e. The smallest absolute Gasteiger partial charge is 0.323 e. The Morgan fingerprint density at radius 3 is 2.13 bits per heavy atom. The van der Waals surface area contributed by atoms with Gasteiger partial charge in [0.1, 0.15) is 11.6 Å². The third kappa shape index (κ3) is 5.53. The summed E-state index contributed by atoms with van der Waals surface area (Å²) < 4.78 is 6.87. The number of anilines is 2. The number of aryl methyl sites for hydroxylation is 1. The highest BCUT2D eigenvalue weighted by Gasteiger charge is 2.11. The lowest BCUT2D eigenvalue weighted by Crippen LogP contribution is -2.25. The summed E-state index contributed by atoms with van der Waals surface area (Å²) in [4.78, 5) is 30.5. The van der Waals surface area contributed by atoms with Gasteiger partial charge in [-0.15, -0.1) is 0 Å². The van der Waals surface area contributed by atoms with Crippen LogP contribution >= 0.6 is 11.6 Å². The van der Waals surface area contributed by atoms with E-state index in [9.17, 15) is 9.59 Å². The molecule has 0 aliphatic heterocycles. The van der Waals surface area contributed by atoms with Crippen molar-refractivity contribution in [3.63, 3.8) is 0 Å². The van der Waals surface area contributed by atoms with E-state index < -0.39 is 6.03 Å². The van der Waals surface area contributed by atoms with E-state index in [-0.39, 0.29) is 5.56 Å². The van der Waals surface area contributed by atoms with Crippen LogP contribution in [0.3, 0.4) is 0 Å². The summed E-state index contributed by atoms with van der Waals surface area (Å²) in [6.45, 7) is 2.20. The monoisotopic (exact) mass is 524 g/mol. The second-order valence-corrected chi connectivity index (χ2v) is 9.23. The highest BCUT2D eigenvalue weighted by Crippen LogP contribution is 2.23. The summed E-state index contributed by atoms with van der Waals surface area (Å²) in [5.41, 5.74) is 4.62. The molecule has 0 aliphatic rings. The summed E-state index contributed by atoms with van der Waals surface area (Å²) in [7, 11) is 1.65. The van der Waals surface area contributed by atoms with Crippen LogP contribution in [0.5, 0.6) is 5.75 Å². The molecule has 38 heavy (non-hydrogen) atoms. The lowest BCUT2D eigenvalue weighted by Gasteiger charge is -2.13. The minimum absolute atomic E-state index is 0.173. The highest BCUT2D eigenvalue weighted by molar-refractivity contribution is 6.30. The molecule has 0 spiro atoms. The van der Waals surface area contributed by atoms with Crippen LogP contribution in [0, 0.1) is 6.92 Å². The van der Waals surface area contributed by atoms with E-state index in [1.54, 1.807) is 54.1 Å². The number of nitrogens with zero attached hydrogens (tertiary/aromatic N) is 2. The van der Waals surface area contributed by atoms with Gasteiger partial charge in [0.2, 0.25) is 0 Å². The number of halogens is 1. The molecular weight excluding hydrogens is 500 g/mol. The molecule has 0 atom stereocenters. The molecule has 1 heterocycles.